The molecule has 0 aliphatic carbocycles. The summed E-state index contributed by atoms with van der Waals surface area (Å²) in [4.78, 5) is 38.7. The molecule has 1 aliphatic rings. The highest BCUT2D eigenvalue weighted by Gasteiger charge is 2.38. The van der Waals surface area contributed by atoms with E-state index in [4.69, 9.17) is 14.2 Å². The summed E-state index contributed by atoms with van der Waals surface area (Å²) in [5.41, 5.74) is -0.224. The number of hydrogen-bond acceptors (Lipinski definition) is 6. The maximum atomic E-state index is 12.5. The molecule has 2 unspecified atom stereocenters. The highest BCUT2D eigenvalue weighted by atomic mass is 16.6. The summed E-state index contributed by atoms with van der Waals surface area (Å²) in [5, 5.41) is 0. The fraction of sp³-hybridized carbons (Fsp3) is 0.550. The van der Waals surface area contributed by atoms with Crippen molar-refractivity contribution >= 4 is 17.8 Å². The molecule has 0 N–H and O–H groups in total. The van der Waals surface area contributed by atoms with Gasteiger partial charge in [-0.1, -0.05) is 0 Å². The van der Waals surface area contributed by atoms with Crippen LogP contribution in [0.2, 0.25) is 0 Å². The number of amides is 1. The van der Waals surface area contributed by atoms with Gasteiger partial charge >= 0.3 is 12.1 Å². The Balaban J connectivity index is 1.99. The molecule has 7 heteroatoms. The molecule has 0 aromatic heterocycles. The first-order valence-electron chi connectivity index (χ1n) is 9.01. The first kappa shape index (κ1) is 20.7. The molecule has 1 heterocycles. The molecular formula is C20H27NO6. The molecule has 7 nitrogen and oxygen atoms in total. The molecule has 1 aromatic carbocycles. The van der Waals surface area contributed by atoms with Crippen molar-refractivity contribution in [1.82, 2.24) is 4.90 Å². The SMILES string of the molecule is COc1ccc(C(=O)C(C)OC(=O)C2CCCN2C(=O)OC(C)(C)C)cc1. The van der Waals surface area contributed by atoms with Gasteiger partial charge in [0.25, 0.3) is 0 Å². The van der Waals surface area contributed by atoms with Crippen LogP contribution in [0.1, 0.15) is 50.9 Å². The predicted molar refractivity (Wildman–Crippen MR) is 98.8 cm³/mol. The first-order chi connectivity index (χ1) is 12.6. The monoisotopic (exact) mass is 377 g/mol. The fourth-order valence-electron chi connectivity index (χ4n) is 2.85. The van der Waals surface area contributed by atoms with Crippen molar-refractivity contribution in [2.45, 2.75) is 58.3 Å². The van der Waals surface area contributed by atoms with Gasteiger partial charge < -0.3 is 14.2 Å². The number of ether oxygens (including phenoxy) is 3. The second-order valence-corrected chi connectivity index (χ2v) is 7.50. The van der Waals surface area contributed by atoms with E-state index in [0.29, 0.717) is 30.7 Å². The number of likely N-dealkylation sites (tertiary alicyclic amines) is 1. The number of hydrogen-bond donors (Lipinski definition) is 0. The van der Waals surface area contributed by atoms with E-state index in [2.05, 4.69) is 0 Å². The van der Waals surface area contributed by atoms with Gasteiger partial charge in [-0.15, -0.1) is 0 Å². The van der Waals surface area contributed by atoms with Crippen LogP contribution in [-0.4, -0.2) is 54.1 Å². The zero-order valence-electron chi connectivity index (χ0n) is 16.5. The molecule has 0 radical (unpaired) electrons. The number of esters is 1. The minimum absolute atomic E-state index is 0.312. The zero-order valence-corrected chi connectivity index (χ0v) is 16.5. The average molecular weight is 377 g/mol. The van der Waals surface area contributed by atoms with Crippen molar-refractivity contribution in [2.75, 3.05) is 13.7 Å². The maximum Gasteiger partial charge on any atom is 0.411 e. The van der Waals surface area contributed by atoms with Crippen molar-refractivity contribution in [3.8, 4) is 5.75 Å². The number of carbonyl (C=O) groups excluding carboxylic acids is 3. The third-order valence-electron chi connectivity index (χ3n) is 4.19. The predicted octanol–water partition coefficient (Wildman–Crippen LogP) is 3.21. The lowest BCUT2D eigenvalue weighted by molar-refractivity contribution is -0.151. The quantitative estimate of drug-likeness (QED) is 0.579. The third kappa shape index (κ3) is 5.45. The largest absolute Gasteiger partial charge is 0.497 e. The molecule has 148 valence electrons. The standard InChI is InChI=1S/C20H27NO6/c1-13(17(22)14-8-10-15(25-5)11-9-14)26-18(23)16-7-6-12-21(16)19(24)27-20(2,3)4/h8-11,13,16H,6-7,12H2,1-5H3. The molecule has 2 atom stereocenters. The molecule has 27 heavy (non-hydrogen) atoms. The summed E-state index contributed by atoms with van der Waals surface area (Å²) in [6, 6.07) is 5.85. The molecule has 2 rings (SSSR count). The normalized spacial score (nSPS) is 18.0. The maximum absolute atomic E-state index is 12.5. The van der Waals surface area contributed by atoms with E-state index in [-0.39, 0.29) is 5.78 Å². The average Bonchev–Trinajstić information content (AvgIpc) is 3.09. The Bertz CT molecular complexity index is 691. The van der Waals surface area contributed by atoms with E-state index >= 15 is 0 Å². The van der Waals surface area contributed by atoms with E-state index in [0.717, 1.165) is 0 Å². The Morgan fingerprint density at radius 2 is 1.78 bits per heavy atom. The topological polar surface area (TPSA) is 82.1 Å². The van der Waals surface area contributed by atoms with Gasteiger partial charge in [-0.25, -0.2) is 9.59 Å². The van der Waals surface area contributed by atoms with Gasteiger partial charge in [-0.05, 0) is 64.8 Å². The number of methoxy groups -OCH3 is 1. The number of benzene rings is 1. The van der Waals surface area contributed by atoms with Gasteiger partial charge in [0.1, 0.15) is 17.4 Å². The number of nitrogens with zero attached hydrogens (tertiary/aromatic N) is 1. The summed E-state index contributed by atoms with van der Waals surface area (Å²) >= 11 is 0. The first-order valence-corrected chi connectivity index (χ1v) is 9.01. The van der Waals surface area contributed by atoms with Gasteiger partial charge in [0.05, 0.1) is 7.11 Å². The minimum Gasteiger partial charge on any atom is -0.497 e. The lowest BCUT2D eigenvalue weighted by Crippen LogP contribution is -2.45. The second-order valence-electron chi connectivity index (χ2n) is 7.50. The van der Waals surface area contributed by atoms with Crippen molar-refractivity contribution < 1.29 is 28.6 Å². The van der Waals surface area contributed by atoms with Crippen molar-refractivity contribution in [2.24, 2.45) is 0 Å². The zero-order chi connectivity index (χ0) is 20.2. The van der Waals surface area contributed by atoms with Crippen LogP contribution in [0.5, 0.6) is 5.75 Å². The van der Waals surface area contributed by atoms with E-state index in [1.807, 2.05) is 0 Å². The van der Waals surface area contributed by atoms with Crippen LogP contribution in [0.3, 0.4) is 0 Å². The molecular weight excluding hydrogens is 350 g/mol. The van der Waals surface area contributed by atoms with Crippen molar-refractivity contribution in [3.05, 3.63) is 29.8 Å². The molecule has 1 fully saturated rings. The lowest BCUT2D eigenvalue weighted by Gasteiger charge is -2.28. The van der Waals surface area contributed by atoms with Crippen LogP contribution < -0.4 is 4.74 Å². The van der Waals surface area contributed by atoms with Crippen LogP contribution >= 0.6 is 0 Å². The molecule has 0 spiro atoms. The number of Topliss-reactive ketones (excluding diaryl/α,β-unsaturated/α-hetero) is 1. The molecule has 0 bridgehead atoms. The Kier molecular flexibility index (Phi) is 6.46. The Labute approximate surface area is 159 Å². The van der Waals surface area contributed by atoms with Gasteiger partial charge in [-0.2, -0.15) is 0 Å². The fourth-order valence-corrected chi connectivity index (χ4v) is 2.85. The smallest absolute Gasteiger partial charge is 0.411 e. The minimum atomic E-state index is -0.952. The van der Waals surface area contributed by atoms with E-state index in [9.17, 15) is 14.4 Å². The van der Waals surface area contributed by atoms with Crippen molar-refractivity contribution in [1.29, 1.82) is 0 Å². The van der Waals surface area contributed by atoms with Crippen LogP contribution in [0.15, 0.2) is 24.3 Å². The molecule has 1 aliphatic heterocycles. The molecule has 0 saturated carbocycles. The van der Waals surface area contributed by atoms with Crippen molar-refractivity contribution in [3.63, 3.8) is 0 Å². The lowest BCUT2D eigenvalue weighted by atomic mass is 10.1. The van der Waals surface area contributed by atoms with Gasteiger partial charge in [0.2, 0.25) is 5.78 Å². The third-order valence-corrected chi connectivity index (χ3v) is 4.19. The highest BCUT2D eigenvalue weighted by Crippen LogP contribution is 2.23. The Hall–Kier alpha value is -2.57. The number of rotatable bonds is 5. The Morgan fingerprint density at radius 3 is 2.33 bits per heavy atom. The van der Waals surface area contributed by atoms with Crippen LogP contribution in [0.25, 0.3) is 0 Å². The molecule has 1 saturated heterocycles. The summed E-state index contributed by atoms with van der Waals surface area (Å²) in [6.45, 7) is 7.25. The highest BCUT2D eigenvalue weighted by molar-refractivity contribution is 6.00. The van der Waals surface area contributed by atoms with E-state index < -0.39 is 29.8 Å². The van der Waals surface area contributed by atoms with Gasteiger partial charge in [-0.3, -0.25) is 9.69 Å². The van der Waals surface area contributed by atoms with E-state index in [1.54, 1.807) is 52.1 Å². The van der Waals surface area contributed by atoms with Crippen LogP contribution in [0, 0.1) is 0 Å². The summed E-state index contributed by atoms with van der Waals surface area (Å²) in [7, 11) is 1.54. The Morgan fingerprint density at radius 1 is 1.15 bits per heavy atom. The van der Waals surface area contributed by atoms with Crippen LogP contribution in [-0.2, 0) is 14.3 Å². The summed E-state index contributed by atoms with van der Waals surface area (Å²) in [5.74, 6) is -0.268. The molecule has 1 amide bonds. The van der Waals surface area contributed by atoms with Gasteiger partial charge in [0.15, 0.2) is 6.10 Å². The summed E-state index contributed by atoms with van der Waals surface area (Å²) in [6.07, 6.45) is -0.329. The van der Waals surface area contributed by atoms with E-state index in [1.165, 1.54) is 11.8 Å². The van der Waals surface area contributed by atoms with Crippen LogP contribution in [0.4, 0.5) is 4.79 Å². The van der Waals surface area contributed by atoms with Gasteiger partial charge in [0, 0.05) is 12.1 Å². The second kappa shape index (κ2) is 8.41. The number of carbonyl (C=O) groups is 3. The summed E-state index contributed by atoms with van der Waals surface area (Å²) < 4.78 is 15.8. The number of ketones is 1. The molecule has 1 aromatic rings.